The lowest BCUT2D eigenvalue weighted by Crippen LogP contribution is -2.03. The minimum absolute atomic E-state index is 0.349. The Labute approximate surface area is 99.5 Å². The van der Waals surface area contributed by atoms with E-state index in [0.717, 1.165) is 11.1 Å². The van der Waals surface area contributed by atoms with Gasteiger partial charge in [0.15, 0.2) is 5.58 Å². The molecule has 0 atom stereocenters. The summed E-state index contributed by atoms with van der Waals surface area (Å²) >= 11 is 0. The van der Waals surface area contributed by atoms with E-state index in [4.69, 9.17) is 19.6 Å². The Morgan fingerprint density at radius 3 is 2.94 bits per heavy atom. The first-order valence-corrected chi connectivity index (χ1v) is 5.60. The molecule has 0 saturated heterocycles. The average Bonchev–Trinajstić information content (AvgIpc) is 2.70. The van der Waals surface area contributed by atoms with E-state index in [1.54, 1.807) is 18.2 Å². The molecule has 92 valence electrons. The van der Waals surface area contributed by atoms with E-state index >= 15 is 0 Å². The van der Waals surface area contributed by atoms with Crippen molar-refractivity contribution in [1.29, 1.82) is 0 Å². The summed E-state index contributed by atoms with van der Waals surface area (Å²) in [6.45, 7) is 4.12. The molecule has 1 heterocycles. The summed E-state index contributed by atoms with van der Waals surface area (Å²) in [5.74, 6) is 0.557. The lowest BCUT2D eigenvalue weighted by atomic mass is 10.3. The molecule has 0 saturated carbocycles. The normalized spacial score (nSPS) is 11.1. The molecule has 1 aromatic carbocycles. The number of fused-ring (bicyclic) bond motifs is 1. The number of aromatic nitrogens is 1. The second-order valence-electron chi connectivity index (χ2n) is 3.58. The Balaban J connectivity index is 1.91. The van der Waals surface area contributed by atoms with Gasteiger partial charge in [-0.2, -0.15) is 0 Å². The van der Waals surface area contributed by atoms with Crippen molar-refractivity contribution in [3.63, 3.8) is 0 Å². The third-order valence-electron chi connectivity index (χ3n) is 2.26. The van der Waals surface area contributed by atoms with Crippen LogP contribution in [0.3, 0.4) is 0 Å². The van der Waals surface area contributed by atoms with E-state index in [2.05, 4.69) is 4.98 Å². The molecule has 5 heteroatoms. The monoisotopic (exact) mass is 236 g/mol. The number of ether oxygens (including phenoxy) is 2. The van der Waals surface area contributed by atoms with Crippen molar-refractivity contribution in [3.8, 4) is 0 Å². The molecule has 0 fully saturated rings. The van der Waals surface area contributed by atoms with Crippen LogP contribution in [0, 0.1) is 0 Å². The maximum absolute atomic E-state index is 5.66. The van der Waals surface area contributed by atoms with Gasteiger partial charge in [-0.3, -0.25) is 0 Å². The Hall–Kier alpha value is -1.59. The molecule has 2 N–H and O–H groups in total. The van der Waals surface area contributed by atoms with Crippen LogP contribution in [-0.2, 0) is 16.1 Å². The van der Waals surface area contributed by atoms with Gasteiger partial charge in [0, 0.05) is 12.3 Å². The maximum atomic E-state index is 5.66. The van der Waals surface area contributed by atoms with Gasteiger partial charge in [-0.15, -0.1) is 0 Å². The van der Waals surface area contributed by atoms with Crippen LogP contribution in [0.1, 0.15) is 12.8 Å². The fraction of sp³-hybridized carbons (Fsp3) is 0.417. The van der Waals surface area contributed by atoms with E-state index in [1.807, 2.05) is 6.92 Å². The summed E-state index contributed by atoms with van der Waals surface area (Å²) in [6, 6.07) is 5.37. The van der Waals surface area contributed by atoms with E-state index in [1.165, 1.54) is 0 Å². The Bertz CT molecular complexity index is 482. The molecule has 0 aliphatic heterocycles. The molecule has 2 rings (SSSR count). The summed E-state index contributed by atoms with van der Waals surface area (Å²) in [5, 5.41) is 0. The number of rotatable bonds is 6. The van der Waals surface area contributed by atoms with E-state index in [9.17, 15) is 0 Å². The topological polar surface area (TPSA) is 70.5 Å². The summed E-state index contributed by atoms with van der Waals surface area (Å²) in [4.78, 5) is 4.28. The molecule has 1 aromatic heterocycles. The van der Waals surface area contributed by atoms with E-state index < -0.39 is 0 Å². The number of hydrogen-bond donors (Lipinski definition) is 1. The molecule has 0 bridgehead atoms. The van der Waals surface area contributed by atoms with Gasteiger partial charge >= 0.3 is 0 Å². The number of nitrogens with zero attached hydrogens (tertiary/aromatic N) is 1. The minimum Gasteiger partial charge on any atom is -0.438 e. The highest BCUT2D eigenvalue weighted by molar-refractivity contribution is 5.76. The number of benzene rings is 1. The zero-order valence-electron chi connectivity index (χ0n) is 9.81. The highest BCUT2D eigenvalue weighted by Gasteiger charge is 2.05. The van der Waals surface area contributed by atoms with Gasteiger partial charge in [0.2, 0.25) is 5.89 Å². The van der Waals surface area contributed by atoms with Crippen molar-refractivity contribution >= 4 is 16.8 Å². The van der Waals surface area contributed by atoms with Gasteiger partial charge in [-0.25, -0.2) is 4.98 Å². The molecule has 17 heavy (non-hydrogen) atoms. The SMILES string of the molecule is CCOCCOCc1nc2cc(N)ccc2o1. The Morgan fingerprint density at radius 2 is 2.12 bits per heavy atom. The fourth-order valence-electron chi connectivity index (χ4n) is 1.48. The third kappa shape index (κ3) is 3.18. The molecule has 0 amide bonds. The smallest absolute Gasteiger partial charge is 0.221 e. The molecule has 0 spiro atoms. The predicted molar refractivity (Wildman–Crippen MR) is 64.6 cm³/mol. The molecular formula is C12H16N2O3. The Kier molecular flexibility index (Phi) is 3.95. The molecular weight excluding hydrogens is 220 g/mol. The van der Waals surface area contributed by atoms with Gasteiger partial charge in [0.25, 0.3) is 0 Å². The average molecular weight is 236 g/mol. The van der Waals surface area contributed by atoms with Crippen LogP contribution in [0.15, 0.2) is 22.6 Å². The van der Waals surface area contributed by atoms with Crippen molar-refractivity contribution in [2.45, 2.75) is 13.5 Å². The van der Waals surface area contributed by atoms with E-state index in [-0.39, 0.29) is 0 Å². The summed E-state index contributed by atoms with van der Waals surface area (Å²) < 4.78 is 16.0. The Morgan fingerprint density at radius 1 is 1.29 bits per heavy atom. The van der Waals surface area contributed by atoms with Gasteiger partial charge in [0.1, 0.15) is 12.1 Å². The van der Waals surface area contributed by atoms with Crippen LogP contribution in [-0.4, -0.2) is 24.8 Å². The maximum Gasteiger partial charge on any atom is 0.221 e. The molecule has 0 radical (unpaired) electrons. The first kappa shape index (κ1) is 11.9. The third-order valence-corrected chi connectivity index (χ3v) is 2.26. The molecule has 0 aliphatic carbocycles. The first-order chi connectivity index (χ1) is 8.29. The van der Waals surface area contributed by atoms with Crippen LogP contribution < -0.4 is 5.73 Å². The highest BCUT2D eigenvalue weighted by atomic mass is 16.5. The van der Waals surface area contributed by atoms with Gasteiger partial charge in [-0.05, 0) is 25.1 Å². The summed E-state index contributed by atoms with van der Waals surface area (Å²) in [5.41, 5.74) is 7.82. The molecule has 0 aliphatic rings. The lowest BCUT2D eigenvalue weighted by Gasteiger charge is -2.00. The number of anilines is 1. The minimum atomic E-state index is 0.349. The largest absolute Gasteiger partial charge is 0.438 e. The zero-order valence-corrected chi connectivity index (χ0v) is 9.81. The van der Waals surface area contributed by atoms with Crippen molar-refractivity contribution in [1.82, 2.24) is 4.98 Å². The second kappa shape index (κ2) is 5.65. The molecule has 5 nitrogen and oxygen atoms in total. The van der Waals surface area contributed by atoms with Gasteiger partial charge in [-0.1, -0.05) is 0 Å². The van der Waals surface area contributed by atoms with Gasteiger partial charge < -0.3 is 19.6 Å². The van der Waals surface area contributed by atoms with Gasteiger partial charge in [0.05, 0.1) is 13.2 Å². The predicted octanol–water partition coefficient (Wildman–Crippen LogP) is 1.96. The lowest BCUT2D eigenvalue weighted by molar-refractivity contribution is 0.0379. The van der Waals surface area contributed by atoms with Crippen LogP contribution in [0.25, 0.3) is 11.1 Å². The quantitative estimate of drug-likeness (QED) is 0.613. The fourth-order valence-corrected chi connectivity index (χ4v) is 1.48. The number of hydrogen-bond acceptors (Lipinski definition) is 5. The van der Waals surface area contributed by atoms with Crippen LogP contribution in [0.5, 0.6) is 0 Å². The number of oxazole rings is 1. The van der Waals surface area contributed by atoms with Crippen LogP contribution in [0.4, 0.5) is 5.69 Å². The standard InChI is InChI=1S/C12H16N2O3/c1-2-15-5-6-16-8-12-14-10-7-9(13)3-4-11(10)17-12/h3-4,7H,2,5-6,8,13H2,1H3. The first-order valence-electron chi connectivity index (χ1n) is 5.60. The summed E-state index contributed by atoms with van der Waals surface area (Å²) in [7, 11) is 0. The second-order valence-corrected chi connectivity index (χ2v) is 3.58. The molecule has 2 aromatic rings. The van der Waals surface area contributed by atoms with Crippen molar-refractivity contribution < 1.29 is 13.9 Å². The van der Waals surface area contributed by atoms with Crippen molar-refractivity contribution in [2.75, 3.05) is 25.6 Å². The zero-order chi connectivity index (χ0) is 12.1. The van der Waals surface area contributed by atoms with Crippen LogP contribution in [0.2, 0.25) is 0 Å². The number of nitrogens with two attached hydrogens (primary N) is 1. The van der Waals surface area contributed by atoms with Crippen molar-refractivity contribution in [3.05, 3.63) is 24.1 Å². The molecule has 0 unspecified atom stereocenters. The van der Waals surface area contributed by atoms with E-state index in [0.29, 0.717) is 38.0 Å². The number of nitrogen functional groups attached to an aromatic ring is 1. The van der Waals surface area contributed by atoms with Crippen LogP contribution >= 0.6 is 0 Å². The highest BCUT2D eigenvalue weighted by Crippen LogP contribution is 2.18. The summed E-state index contributed by atoms with van der Waals surface area (Å²) in [6.07, 6.45) is 0. The van der Waals surface area contributed by atoms with Crippen molar-refractivity contribution in [2.24, 2.45) is 0 Å².